The fourth-order valence-corrected chi connectivity index (χ4v) is 3.09. The molecule has 0 aliphatic heterocycles. The number of carbonyl (C=O) groups is 1. The Balaban J connectivity index is 1.75. The third-order valence-electron chi connectivity index (χ3n) is 4.55. The van der Waals surface area contributed by atoms with E-state index in [0.717, 1.165) is 16.8 Å². The lowest BCUT2D eigenvalue weighted by Crippen LogP contribution is -2.26. The molecule has 30 heavy (non-hydrogen) atoms. The zero-order valence-corrected chi connectivity index (χ0v) is 17.4. The fourth-order valence-electron chi connectivity index (χ4n) is 3.09. The molecule has 3 aromatic rings. The van der Waals surface area contributed by atoms with Gasteiger partial charge < -0.3 is 19.5 Å². The maximum atomic E-state index is 12.7. The number of amides is 1. The van der Waals surface area contributed by atoms with E-state index in [1.54, 1.807) is 30.7 Å². The van der Waals surface area contributed by atoms with E-state index in [1.807, 2.05) is 19.1 Å². The molecule has 8 heteroatoms. The number of ether oxygens (including phenoxy) is 3. The number of rotatable bonds is 8. The molecule has 0 saturated carbocycles. The average molecular weight is 408 g/mol. The Morgan fingerprint density at radius 2 is 1.70 bits per heavy atom. The second-order valence-corrected chi connectivity index (χ2v) is 6.43. The summed E-state index contributed by atoms with van der Waals surface area (Å²) in [4.78, 5) is 25.6. The number of nitrogens with zero attached hydrogens (tertiary/aromatic N) is 3. The number of aryl methyl sites for hydroxylation is 1. The number of nitrogens with one attached hydrogen (secondary N) is 1. The van der Waals surface area contributed by atoms with Crippen molar-refractivity contribution < 1.29 is 19.0 Å². The summed E-state index contributed by atoms with van der Waals surface area (Å²) in [6.45, 7) is 2.25. The lowest BCUT2D eigenvalue weighted by molar-refractivity contribution is 0.0953. The summed E-state index contributed by atoms with van der Waals surface area (Å²) in [6, 6.07) is 7.06. The number of carbonyl (C=O) groups excluding carboxylic acids is 1. The minimum atomic E-state index is -0.245. The van der Waals surface area contributed by atoms with Gasteiger partial charge in [-0.25, -0.2) is 9.97 Å². The Hall–Kier alpha value is -3.68. The fraction of sp³-hybridized carbons (Fsp3) is 0.273. The topological polar surface area (TPSA) is 95.5 Å². The Bertz CT molecular complexity index is 1000. The van der Waals surface area contributed by atoms with Gasteiger partial charge in [0.25, 0.3) is 5.91 Å². The molecule has 0 spiro atoms. The van der Waals surface area contributed by atoms with Gasteiger partial charge in [-0.2, -0.15) is 0 Å². The number of hydrogen-bond acceptors (Lipinski definition) is 7. The predicted octanol–water partition coefficient (Wildman–Crippen LogP) is 2.85. The molecule has 0 saturated heterocycles. The highest BCUT2D eigenvalue weighted by atomic mass is 16.5. The van der Waals surface area contributed by atoms with Gasteiger partial charge in [-0.05, 0) is 36.8 Å². The number of aromatic nitrogens is 3. The van der Waals surface area contributed by atoms with Crippen LogP contribution >= 0.6 is 0 Å². The molecular formula is C22H24N4O4. The van der Waals surface area contributed by atoms with Crippen molar-refractivity contribution in [3.8, 4) is 28.4 Å². The third-order valence-corrected chi connectivity index (χ3v) is 4.55. The van der Waals surface area contributed by atoms with Gasteiger partial charge in [0, 0.05) is 42.7 Å². The SMILES string of the molecule is COc1cc(C(=O)NCCc2nc(C)ncc2-c2ccncc2)cc(OC)c1OC. The zero-order chi connectivity index (χ0) is 21.5. The second-order valence-electron chi connectivity index (χ2n) is 6.43. The Morgan fingerprint density at radius 1 is 1.03 bits per heavy atom. The zero-order valence-electron chi connectivity index (χ0n) is 17.4. The molecule has 8 nitrogen and oxygen atoms in total. The van der Waals surface area contributed by atoms with E-state index in [9.17, 15) is 4.79 Å². The average Bonchev–Trinajstić information content (AvgIpc) is 2.78. The van der Waals surface area contributed by atoms with Crippen LogP contribution in [-0.4, -0.2) is 48.7 Å². The van der Waals surface area contributed by atoms with Gasteiger partial charge in [0.2, 0.25) is 5.75 Å². The largest absolute Gasteiger partial charge is 0.493 e. The molecule has 1 N–H and O–H groups in total. The van der Waals surface area contributed by atoms with E-state index < -0.39 is 0 Å². The molecule has 0 radical (unpaired) electrons. The molecule has 0 fully saturated rings. The van der Waals surface area contributed by atoms with Crippen molar-refractivity contribution in [1.82, 2.24) is 20.3 Å². The highest BCUT2D eigenvalue weighted by molar-refractivity contribution is 5.95. The summed E-state index contributed by atoms with van der Waals surface area (Å²) in [5, 5.41) is 2.92. The molecule has 2 heterocycles. The summed E-state index contributed by atoms with van der Waals surface area (Å²) < 4.78 is 15.9. The van der Waals surface area contributed by atoms with Crippen LogP contribution in [0.1, 0.15) is 21.9 Å². The highest BCUT2D eigenvalue weighted by Gasteiger charge is 2.17. The van der Waals surface area contributed by atoms with Crippen LogP contribution in [0, 0.1) is 6.92 Å². The smallest absolute Gasteiger partial charge is 0.251 e. The minimum Gasteiger partial charge on any atom is -0.493 e. The molecule has 0 atom stereocenters. The molecule has 0 bridgehead atoms. The first-order valence-electron chi connectivity index (χ1n) is 9.38. The van der Waals surface area contributed by atoms with Gasteiger partial charge in [0.15, 0.2) is 11.5 Å². The molecule has 156 valence electrons. The number of benzene rings is 1. The summed E-state index contributed by atoms with van der Waals surface area (Å²) in [7, 11) is 4.54. The second kappa shape index (κ2) is 9.69. The molecule has 2 aromatic heterocycles. The number of hydrogen-bond donors (Lipinski definition) is 1. The van der Waals surface area contributed by atoms with Gasteiger partial charge in [-0.1, -0.05) is 0 Å². The summed E-state index contributed by atoms with van der Waals surface area (Å²) in [5.41, 5.74) is 3.18. The monoisotopic (exact) mass is 408 g/mol. The van der Waals surface area contributed by atoms with Crippen molar-refractivity contribution in [3.05, 3.63) is 59.9 Å². The molecule has 0 unspecified atom stereocenters. The van der Waals surface area contributed by atoms with Gasteiger partial charge in [0.1, 0.15) is 5.82 Å². The molecule has 1 aromatic carbocycles. The van der Waals surface area contributed by atoms with Crippen molar-refractivity contribution >= 4 is 5.91 Å². The summed E-state index contributed by atoms with van der Waals surface area (Å²) >= 11 is 0. The first-order chi connectivity index (χ1) is 14.6. The summed E-state index contributed by atoms with van der Waals surface area (Å²) in [6.07, 6.45) is 5.81. The van der Waals surface area contributed by atoms with Crippen LogP contribution in [-0.2, 0) is 6.42 Å². The van der Waals surface area contributed by atoms with Crippen molar-refractivity contribution in [2.24, 2.45) is 0 Å². The van der Waals surface area contributed by atoms with Crippen LogP contribution in [0.2, 0.25) is 0 Å². The molecule has 3 rings (SSSR count). The standard InChI is InChI=1S/C22H24N4O4/c1-14-25-13-17(15-5-8-23-9-6-15)18(26-14)7-10-24-22(27)16-11-19(28-2)21(30-4)20(12-16)29-3/h5-6,8-9,11-13H,7,10H2,1-4H3,(H,24,27). The lowest BCUT2D eigenvalue weighted by atomic mass is 10.1. The van der Waals surface area contributed by atoms with E-state index in [4.69, 9.17) is 14.2 Å². The van der Waals surface area contributed by atoms with Crippen molar-refractivity contribution in [1.29, 1.82) is 0 Å². The van der Waals surface area contributed by atoms with E-state index >= 15 is 0 Å². The predicted molar refractivity (Wildman–Crippen MR) is 112 cm³/mol. The number of pyridine rings is 1. The van der Waals surface area contributed by atoms with Gasteiger partial charge in [-0.3, -0.25) is 9.78 Å². The first kappa shape index (κ1) is 21.0. The van der Waals surface area contributed by atoms with Crippen LogP contribution in [0.4, 0.5) is 0 Å². The maximum Gasteiger partial charge on any atom is 0.251 e. The first-order valence-corrected chi connectivity index (χ1v) is 9.38. The van der Waals surface area contributed by atoms with Crippen molar-refractivity contribution in [2.45, 2.75) is 13.3 Å². The maximum absolute atomic E-state index is 12.7. The van der Waals surface area contributed by atoms with Gasteiger partial charge in [0.05, 0.1) is 27.0 Å². The quantitative estimate of drug-likeness (QED) is 0.612. The van der Waals surface area contributed by atoms with Crippen molar-refractivity contribution in [2.75, 3.05) is 27.9 Å². The number of methoxy groups -OCH3 is 3. The van der Waals surface area contributed by atoms with Crippen LogP contribution in [0.25, 0.3) is 11.1 Å². The molecular weight excluding hydrogens is 384 g/mol. The Morgan fingerprint density at radius 3 is 2.30 bits per heavy atom. The minimum absolute atomic E-state index is 0.245. The lowest BCUT2D eigenvalue weighted by Gasteiger charge is -2.14. The summed E-state index contributed by atoms with van der Waals surface area (Å²) in [5.74, 6) is 1.72. The van der Waals surface area contributed by atoms with Crippen LogP contribution in [0.5, 0.6) is 17.2 Å². The van der Waals surface area contributed by atoms with Crippen LogP contribution in [0.15, 0.2) is 42.9 Å². The van der Waals surface area contributed by atoms with E-state index in [1.165, 1.54) is 21.3 Å². The Kier molecular flexibility index (Phi) is 6.79. The van der Waals surface area contributed by atoms with E-state index in [-0.39, 0.29) is 5.91 Å². The van der Waals surface area contributed by atoms with Crippen molar-refractivity contribution in [3.63, 3.8) is 0 Å². The van der Waals surface area contributed by atoms with E-state index in [2.05, 4.69) is 20.3 Å². The van der Waals surface area contributed by atoms with Gasteiger partial charge in [-0.15, -0.1) is 0 Å². The highest BCUT2D eigenvalue weighted by Crippen LogP contribution is 2.38. The molecule has 0 aliphatic carbocycles. The third kappa shape index (κ3) is 4.65. The van der Waals surface area contributed by atoms with Crippen LogP contribution < -0.4 is 19.5 Å². The Labute approximate surface area is 175 Å². The molecule has 1 amide bonds. The van der Waals surface area contributed by atoms with E-state index in [0.29, 0.717) is 41.6 Å². The van der Waals surface area contributed by atoms with Gasteiger partial charge >= 0.3 is 0 Å². The normalized spacial score (nSPS) is 10.4. The van der Waals surface area contributed by atoms with Crippen LogP contribution in [0.3, 0.4) is 0 Å². The molecule has 0 aliphatic rings.